The second-order valence-corrected chi connectivity index (χ2v) is 8.11. The van der Waals surface area contributed by atoms with Crippen LogP contribution in [0.15, 0.2) is 24.3 Å². The summed E-state index contributed by atoms with van der Waals surface area (Å²) in [5.41, 5.74) is 0.161. The summed E-state index contributed by atoms with van der Waals surface area (Å²) in [7, 11) is -4.35. The molecule has 1 rings (SSSR count). The molecule has 1 N–H and O–H groups in total. The number of sulfone groups is 1. The second kappa shape index (κ2) is 7.39. The summed E-state index contributed by atoms with van der Waals surface area (Å²) in [5, 5.41) is 8.72. The van der Waals surface area contributed by atoms with E-state index in [0.717, 1.165) is 6.26 Å². The Hall–Kier alpha value is -1.41. The van der Waals surface area contributed by atoms with Crippen molar-refractivity contribution in [1.82, 2.24) is 0 Å². The molecule has 0 fully saturated rings. The smallest absolute Gasteiger partial charge is 0.335 e. The molecule has 1 aromatic carbocycles. The van der Waals surface area contributed by atoms with Gasteiger partial charge in [0.1, 0.15) is 15.6 Å². The van der Waals surface area contributed by atoms with E-state index in [4.69, 9.17) is 9.84 Å². The highest BCUT2D eigenvalue weighted by Gasteiger charge is 2.07. The van der Waals surface area contributed by atoms with Crippen molar-refractivity contribution in [2.24, 2.45) is 0 Å². The summed E-state index contributed by atoms with van der Waals surface area (Å²) in [6.45, 7) is 0.183. The van der Waals surface area contributed by atoms with Crippen molar-refractivity contribution in [2.75, 3.05) is 30.1 Å². The Kier molecular flexibility index (Phi) is 6.15. The van der Waals surface area contributed by atoms with Gasteiger partial charge in [0.2, 0.25) is 0 Å². The van der Waals surface area contributed by atoms with Crippen LogP contribution in [-0.4, -0.2) is 53.8 Å². The third kappa shape index (κ3) is 6.67. The Morgan fingerprint density at radius 1 is 1.25 bits per heavy atom. The van der Waals surface area contributed by atoms with Crippen LogP contribution in [0.3, 0.4) is 0 Å². The minimum Gasteiger partial charge on any atom is -0.493 e. The van der Waals surface area contributed by atoms with Crippen molar-refractivity contribution >= 4 is 26.6 Å². The molecular formula is C12H16O6S2. The maximum Gasteiger partial charge on any atom is 0.335 e. The summed E-state index contributed by atoms with van der Waals surface area (Å²) in [6.07, 6.45) is 1.10. The summed E-state index contributed by atoms with van der Waals surface area (Å²) in [5.74, 6) is -0.308. The zero-order valence-corrected chi connectivity index (χ0v) is 12.6. The molecule has 0 bridgehead atoms. The molecule has 8 heteroatoms. The largest absolute Gasteiger partial charge is 0.493 e. The molecule has 0 saturated heterocycles. The molecule has 1 atom stereocenters. The van der Waals surface area contributed by atoms with Crippen LogP contribution >= 0.6 is 0 Å². The van der Waals surface area contributed by atoms with E-state index in [0.29, 0.717) is 5.75 Å². The lowest BCUT2D eigenvalue weighted by atomic mass is 10.2. The highest BCUT2D eigenvalue weighted by Crippen LogP contribution is 2.12. The van der Waals surface area contributed by atoms with E-state index < -0.39 is 26.6 Å². The predicted octanol–water partition coefficient (Wildman–Crippen LogP) is 0.557. The Morgan fingerprint density at radius 3 is 2.35 bits per heavy atom. The number of rotatable bonds is 8. The van der Waals surface area contributed by atoms with Gasteiger partial charge in [0.25, 0.3) is 0 Å². The van der Waals surface area contributed by atoms with E-state index in [1.165, 1.54) is 24.3 Å². The van der Waals surface area contributed by atoms with Crippen LogP contribution in [0.5, 0.6) is 5.75 Å². The van der Waals surface area contributed by atoms with E-state index in [1.807, 2.05) is 0 Å². The monoisotopic (exact) mass is 320 g/mol. The van der Waals surface area contributed by atoms with E-state index >= 15 is 0 Å². The van der Waals surface area contributed by atoms with Gasteiger partial charge in [-0.2, -0.15) is 0 Å². The van der Waals surface area contributed by atoms with E-state index in [-0.39, 0.29) is 29.4 Å². The van der Waals surface area contributed by atoms with Crippen LogP contribution < -0.4 is 4.74 Å². The number of carbonyl (C=O) groups is 1. The van der Waals surface area contributed by atoms with E-state index in [1.54, 1.807) is 0 Å². The first-order valence-electron chi connectivity index (χ1n) is 5.77. The zero-order chi connectivity index (χ0) is 15.2. The normalized spacial score (nSPS) is 12.8. The van der Waals surface area contributed by atoms with E-state index in [9.17, 15) is 17.4 Å². The van der Waals surface area contributed by atoms with Gasteiger partial charge in [0.15, 0.2) is 0 Å². The third-order valence-electron chi connectivity index (χ3n) is 2.36. The number of aromatic carboxylic acids is 1. The SMILES string of the molecule is CS(=O)(=O)CCS(=O)CCOc1ccc(C(=O)O)cc1. The zero-order valence-electron chi connectivity index (χ0n) is 10.9. The molecule has 6 nitrogen and oxygen atoms in total. The van der Waals surface area contributed by atoms with Crippen LogP contribution in [-0.2, 0) is 20.6 Å². The topological polar surface area (TPSA) is 97.7 Å². The number of ether oxygens (including phenoxy) is 1. The summed E-state index contributed by atoms with van der Waals surface area (Å²) in [6, 6.07) is 5.86. The molecule has 0 aliphatic rings. The number of hydrogen-bond acceptors (Lipinski definition) is 5. The van der Waals surface area contributed by atoms with Gasteiger partial charge in [0.05, 0.1) is 23.7 Å². The van der Waals surface area contributed by atoms with Gasteiger partial charge >= 0.3 is 5.97 Å². The number of carboxylic acid groups (broad SMARTS) is 1. The lowest BCUT2D eigenvalue weighted by Gasteiger charge is -2.06. The molecule has 0 radical (unpaired) electrons. The molecule has 0 saturated carbocycles. The van der Waals surface area contributed by atoms with Crippen LogP contribution in [0.4, 0.5) is 0 Å². The van der Waals surface area contributed by atoms with Gasteiger partial charge in [-0.3, -0.25) is 4.21 Å². The quantitative estimate of drug-likeness (QED) is 0.751. The van der Waals surface area contributed by atoms with Crippen molar-refractivity contribution in [3.63, 3.8) is 0 Å². The first kappa shape index (κ1) is 16.6. The highest BCUT2D eigenvalue weighted by molar-refractivity contribution is 7.92. The summed E-state index contributed by atoms with van der Waals surface area (Å²) in [4.78, 5) is 10.6. The number of benzene rings is 1. The molecule has 0 amide bonds. The van der Waals surface area contributed by atoms with Crippen molar-refractivity contribution in [2.45, 2.75) is 0 Å². The fourth-order valence-corrected chi connectivity index (χ4v) is 3.72. The predicted molar refractivity (Wildman–Crippen MR) is 76.5 cm³/mol. The standard InChI is InChI=1S/C12H16O6S2/c1-20(16,17)9-8-19(15)7-6-18-11-4-2-10(3-5-11)12(13)14/h2-5H,6-9H2,1H3,(H,13,14). The molecular weight excluding hydrogens is 304 g/mol. The minimum absolute atomic E-state index is 0.0974. The average molecular weight is 320 g/mol. The molecule has 0 heterocycles. The lowest BCUT2D eigenvalue weighted by molar-refractivity contribution is 0.0697. The van der Waals surface area contributed by atoms with Gasteiger partial charge in [-0.05, 0) is 24.3 Å². The first-order chi connectivity index (χ1) is 9.28. The number of hydrogen-bond donors (Lipinski definition) is 1. The molecule has 0 aliphatic carbocycles. The van der Waals surface area contributed by atoms with Gasteiger partial charge < -0.3 is 9.84 Å². The molecule has 0 aliphatic heterocycles. The summed E-state index contributed by atoms with van der Waals surface area (Å²) < 4.78 is 38.6. The van der Waals surface area contributed by atoms with Crippen molar-refractivity contribution in [3.8, 4) is 5.75 Å². The van der Waals surface area contributed by atoms with Gasteiger partial charge in [0, 0.05) is 22.8 Å². The van der Waals surface area contributed by atoms with Gasteiger partial charge in [-0.1, -0.05) is 0 Å². The minimum atomic E-state index is -3.10. The highest BCUT2D eigenvalue weighted by atomic mass is 32.2. The Morgan fingerprint density at radius 2 is 1.85 bits per heavy atom. The summed E-state index contributed by atoms with van der Waals surface area (Å²) >= 11 is 0. The third-order valence-corrected chi connectivity index (χ3v) is 4.85. The fourth-order valence-electron chi connectivity index (χ4n) is 1.29. The molecule has 20 heavy (non-hydrogen) atoms. The van der Waals surface area contributed by atoms with Crippen LogP contribution in [0.1, 0.15) is 10.4 Å². The molecule has 1 aromatic rings. The van der Waals surface area contributed by atoms with Crippen molar-refractivity contribution < 1.29 is 27.3 Å². The Labute approximate surface area is 120 Å². The van der Waals surface area contributed by atoms with Gasteiger partial charge in [-0.15, -0.1) is 0 Å². The molecule has 0 spiro atoms. The maximum absolute atomic E-state index is 11.5. The van der Waals surface area contributed by atoms with E-state index in [2.05, 4.69) is 0 Å². The van der Waals surface area contributed by atoms with Gasteiger partial charge in [-0.25, -0.2) is 13.2 Å². The lowest BCUT2D eigenvalue weighted by Crippen LogP contribution is -2.16. The van der Waals surface area contributed by atoms with Crippen LogP contribution in [0, 0.1) is 0 Å². The van der Waals surface area contributed by atoms with Crippen LogP contribution in [0.2, 0.25) is 0 Å². The average Bonchev–Trinajstić information content (AvgIpc) is 2.36. The second-order valence-electron chi connectivity index (χ2n) is 4.16. The van der Waals surface area contributed by atoms with Crippen LogP contribution in [0.25, 0.3) is 0 Å². The Balaban J connectivity index is 2.33. The van der Waals surface area contributed by atoms with Crippen molar-refractivity contribution in [3.05, 3.63) is 29.8 Å². The molecule has 112 valence electrons. The number of carboxylic acids is 1. The Bertz CT molecular complexity index is 576. The first-order valence-corrected chi connectivity index (χ1v) is 9.31. The maximum atomic E-state index is 11.5. The fraction of sp³-hybridized carbons (Fsp3) is 0.417. The molecule has 1 unspecified atom stereocenters. The molecule has 0 aromatic heterocycles. The van der Waals surface area contributed by atoms with Crippen molar-refractivity contribution in [1.29, 1.82) is 0 Å².